The molecule has 0 aromatic heterocycles. The molecule has 0 amide bonds. The minimum absolute atomic E-state index is 0.134. The molecule has 2 N–H and O–H groups in total. The third-order valence-electron chi connectivity index (χ3n) is 2.83. The monoisotopic (exact) mass is 219 g/mol. The lowest BCUT2D eigenvalue weighted by Gasteiger charge is -2.30. The van der Waals surface area contributed by atoms with Crippen LogP contribution in [0.1, 0.15) is 26.7 Å². The maximum atomic E-state index is 9.29. The van der Waals surface area contributed by atoms with Gasteiger partial charge in [0.05, 0.1) is 26.4 Å². The zero-order chi connectivity index (χ0) is 11.6. The molecule has 0 spiro atoms. The van der Waals surface area contributed by atoms with E-state index < -0.39 is 0 Å². The zero-order valence-corrected chi connectivity index (χ0v) is 10.2. The number of ether oxygens (including phenoxy) is 2. The smallest absolute Gasteiger partial charge is 0.0700 e. The zero-order valence-electron chi connectivity index (χ0n) is 10.2. The van der Waals surface area contributed by atoms with Crippen molar-refractivity contribution in [3.8, 4) is 0 Å². The molecule has 0 aliphatic rings. The maximum Gasteiger partial charge on any atom is 0.0700 e. The summed E-state index contributed by atoms with van der Waals surface area (Å²) in [6.45, 7) is 7.03. The van der Waals surface area contributed by atoms with Crippen molar-refractivity contribution in [2.24, 2.45) is 0 Å². The molecular weight excluding hydrogens is 194 g/mol. The van der Waals surface area contributed by atoms with Gasteiger partial charge in [-0.05, 0) is 12.8 Å². The minimum atomic E-state index is -0.134. The molecule has 92 valence electrons. The summed E-state index contributed by atoms with van der Waals surface area (Å²) in [7, 11) is 1.66. The number of hydrogen-bond donors (Lipinski definition) is 2. The van der Waals surface area contributed by atoms with Crippen molar-refractivity contribution in [1.82, 2.24) is 5.32 Å². The number of rotatable bonds is 10. The standard InChI is InChI=1S/C11H25NO3/c1-4-11(5-2,10-13)12-6-7-15-9-8-14-3/h12-13H,4-10H2,1-3H3. The van der Waals surface area contributed by atoms with E-state index in [0.717, 1.165) is 19.4 Å². The Hall–Kier alpha value is -0.160. The molecule has 15 heavy (non-hydrogen) atoms. The second-order valence-corrected chi connectivity index (χ2v) is 3.68. The molecular formula is C11H25NO3. The molecule has 0 aromatic rings. The van der Waals surface area contributed by atoms with Crippen LogP contribution < -0.4 is 5.32 Å². The van der Waals surface area contributed by atoms with E-state index in [2.05, 4.69) is 19.2 Å². The summed E-state index contributed by atoms with van der Waals surface area (Å²) in [5.41, 5.74) is -0.134. The molecule has 0 heterocycles. The summed E-state index contributed by atoms with van der Waals surface area (Å²) in [6, 6.07) is 0. The Morgan fingerprint density at radius 2 is 1.80 bits per heavy atom. The third-order valence-corrected chi connectivity index (χ3v) is 2.83. The van der Waals surface area contributed by atoms with Crippen molar-refractivity contribution < 1.29 is 14.6 Å². The average molecular weight is 219 g/mol. The molecule has 4 heteroatoms. The Kier molecular flexibility index (Phi) is 9.00. The number of aliphatic hydroxyl groups is 1. The highest BCUT2D eigenvalue weighted by Gasteiger charge is 2.23. The topological polar surface area (TPSA) is 50.7 Å². The van der Waals surface area contributed by atoms with Crippen molar-refractivity contribution in [3.63, 3.8) is 0 Å². The highest BCUT2D eigenvalue weighted by atomic mass is 16.5. The predicted octanol–water partition coefficient (Wildman–Crippen LogP) is 0.790. The predicted molar refractivity (Wildman–Crippen MR) is 61.1 cm³/mol. The van der Waals surface area contributed by atoms with E-state index in [9.17, 15) is 5.11 Å². The molecule has 0 saturated carbocycles. The van der Waals surface area contributed by atoms with Gasteiger partial charge in [-0.15, -0.1) is 0 Å². The van der Waals surface area contributed by atoms with Gasteiger partial charge in [-0.1, -0.05) is 13.8 Å². The van der Waals surface area contributed by atoms with Crippen molar-refractivity contribution in [2.45, 2.75) is 32.2 Å². The lowest BCUT2D eigenvalue weighted by molar-refractivity contribution is 0.0641. The largest absolute Gasteiger partial charge is 0.394 e. The number of aliphatic hydroxyl groups excluding tert-OH is 1. The fraction of sp³-hybridized carbons (Fsp3) is 1.00. The van der Waals surface area contributed by atoms with E-state index in [1.807, 2.05) is 0 Å². The van der Waals surface area contributed by atoms with Gasteiger partial charge in [-0.3, -0.25) is 0 Å². The molecule has 0 unspecified atom stereocenters. The fourth-order valence-corrected chi connectivity index (χ4v) is 1.41. The molecule has 0 saturated heterocycles. The first-order valence-electron chi connectivity index (χ1n) is 5.67. The van der Waals surface area contributed by atoms with Crippen LogP contribution in [0.4, 0.5) is 0 Å². The second-order valence-electron chi connectivity index (χ2n) is 3.68. The summed E-state index contributed by atoms with van der Waals surface area (Å²) in [6.07, 6.45) is 1.86. The fourth-order valence-electron chi connectivity index (χ4n) is 1.41. The van der Waals surface area contributed by atoms with Crippen LogP contribution in [-0.2, 0) is 9.47 Å². The van der Waals surface area contributed by atoms with E-state index >= 15 is 0 Å². The Bertz CT molecular complexity index is 130. The lowest BCUT2D eigenvalue weighted by atomic mass is 9.94. The van der Waals surface area contributed by atoms with Gasteiger partial charge in [0, 0.05) is 19.2 Å². The quantitative estimate of drug-likeness (QED) is 0.533. The van der Waals surface area contributed by atoms with Gasteiger partial charge in [0.1, 0.15) is 0 Å². The van der Waals surface area contributed by atoms with Gasteiger partial charge in [-0.25, -0.2) is 0 Å². The summed E-state index contributed by atoms with van der Waals surface area (Å²) in [5.74, 6) is 0. The van der Waals surface area contributed by atoms with Crippen LogP contribution in [0.5, 0.6) is 0 Å². The Morgan fingerprint density at radius 3 is 2.27 bits per heavy atom. The molecule has 0 aliphatic heterocycles. The molecule has 0 aliphatic carbocycles. The van der Waals surface area contributed by atoms with Gasteiger partial charge < -0.3 is 19.9 Å². The second kappa shape index (κ2) is 9.09. The Morgan fingerprint density at radius 1 is 1.13 bits per heavy atom. The van der Waals surface area contributed by atoms with E-state index in [-0.39, 0.29) is 12.1 Å². The van der Waals surface area contributed by atoms with Gasteiger partial charge in [0.15, 0.2) is 0 Å². The molecule has 4 nitrogen and oxygen atoms in total. The van der Waals surface area contributed by atoms with E-state index in [0.29, 0.717) is 19.8 Å². The Balaban J connectivity index is 3.54. The molecule has 0 aromatic carbocycles. The number of nitrogens with one attached hydrogen (secondary N) is 1. The van der Waals surface area contributed by atoms with Crippen LogP contribution in [0.25, 0.3) is 0 Å². The van der Waals surface area contributed by atoms with Crippen molar-refractivity contribution >= 4 is 0 Å². The van der Waals surface area contributed by atoms with Crippen LogP contribution in [0.3, 0.4) is 0 Å². The normalized spacial score (nSPS) is 12.0. The first kappa shape index (κ1) is 14.8. The first-order chi connectivity index (χ1) is 7.24. The Labute approximate surface area is 93.0 Å². The SMILES string of the molecule is CCC(CC)(CO)NCCOCCOC. The summed E-state index contributed by atoms with van der Waals surface area (Å²) >= 11 is 0. The highest BCUT2D eigenvalue weighted by Crippen LogP contribution is 2.13. The number of hydrogen-bond acceptors (Lipinski definition) is 4. The lowest BCUT2D eigenvalue weighted by Crippen LogP contribution is -2.48. The molecule has 0 rings (SSSR count). The van der Waals surface area contributed by atoms with Gasteiger partial charge in [0.2, 0.25) is 0 Å². The van der Waals surface area contributed by atoms with Crippen molar-refractivity contribution in [1.29, 1.82) is 0 Å². The molecule has 0 radical (unpaired) electrons. The van der Waals surface area contributed by atoms with E-state index in [4.69, 9.17) is 9.47 Å². The first-order valence-corrected chi connectivity index (χ1v) is 5.67. The van der Waals surface area contributed by atoms with Gasteiger partial charge in [0.25, 0.3) is 0 Å². The summed E-state index contributed by atoms with van der Waals surface area (Å²) in [4.78, 5) is 0. The van der Waals surface area contributed by atoms with Crippen LogP contribution in [0.2, 0.25) is 0 Å². The minimum Gasteiger partial charge on any atom is -0.394 e. The van der Waals surface area contributed by atoms with Crippen LogP contribution in [0, 0.1) is 0 Å². The van der Waals surface area contributed by atoms with Crippen LogP contribution >= 0.6 is 0 Å². The highest BCUT2D eigenvalue weighted by molar-refractivity contribution is 4.84. The van der Waals surface area contributed by atoms with Crippen LogP contribution in [0.15, 0.2) is 0 Å². The van der Waals surface area contributed by atoms with Gasteiger partial charge >= 0.3 is 0 Å². The summed E-state index contributed by atoms with van der Waals surface area (Å²) < 4.78 is 10.2. The number of methoxy groups -OCH3 is 1. The third kappa shape index (κ3) is 6.10. The molecule has 0 bridgehead atoms. The molecule has 0 fully saturated rings. The average Bonchev–Trinajstić information content (AvgIpc) is 2.29. The van der Waals surface area contributed by atoms with Crippen molar-refractivity contribution in [3.05, 3.63) is 0 Å². The van der Waals surface area contributed by atoms with Gasteiger partial charge in [-0.2, -0.15) is 0 Å². The van der Waals surface area contributed by atoms with E-state index in [1.165, 1.54) is 0 Å². The van der Waals surface area contributed by atoms with Crippen LogP contribution in [-0.4, -0.2) is 50.7 Å². The summed E-state index contributed by atoms with van der Waals surface area (Å²) in [5, 5.41) is 12.6. The molecule has 0 atom stereocenters. The van der Waals surface area contributed by atoms with E-state index in [1.54, 1.807) is 7.11 Å². The maximum absolute atomic E-state index is 9.29. The van der Waals surface area contributed by atoms with Crippen molar-refractivity contribution in [2.75, 3.05) is 40.1 Å².